The number of halogens is 1. The lowest BCUT2D eigenvalue weighted by Gasteiger charge is -2.04. The van der Waals surface area contributed by atoms with Gasteiger partial charge in [0.15, 0.2) is 0 Å². The second kappa shape index (κ2) is 3.98. The van der Waals surface area contributed by atoms with E-state index in [1.807, 2.05) is 30.3 Å². The van der Waals surface area contributed by atoms with Gasteiger partial charge >= 0.3 is 0 Å². The van der Waals surface area contributed by atoms with Gasteiger partial charge in [0.2, 0.25) is 0 Å². The maximum atomic E-state index is 13.0. The number of hydrogen-bond donors (Lipinski definition) is 0. The van der Waals surface area contributed by atoms with Gasteiger partial charge in [-0.15, -0.1) is 6.42 Å². The van der Waals surface area contributed by atoms with Crippen molar-refractivity contribution in [1.29, 1.82) is 0 Å². The fraction of sp³-hybridized carbons (Fsp3) is 0. The summed E-state index contributed by atoms with van der Waals surface area (Å²) in [7, 11) is 0. The molecule has 0 fully saturated rings. The van der Waals surface area contributed by atoms with Gasteiger partial charge in [0.05, 0.1) is 0 Å². The van der Waals surface area contributed by atoms with Crippen LogP contribution in [0.1, 0.15) is 5.56 Å². The molecule has 15 heavy (non-hydrogen) atoms. The first-order valence-electron chi connectivity index (χ1n) is 4.63. The Balaban J connectivity index is 2.60. The van der Waals surface area contributed by atoms with Gasteiger partial charge in [0.1, 0.15) is 5.82 Å². The largest absolute Gasteiger partial charge is 0.207 e. The molecule has 0 aliphatic rings. The molecule has 0 bridgehead atoms. The van der Waals surface area contributed by atoms with E-state index in [0.29, 0.717) is 5.56 Å². The minimum atomic E-state index is -0.303. The van der Waals surface area contributed by atoms with E-state index in [-0.39, 0.29) is 5.82 Å². The lowest BCUT2D eigenvalue weighted by Crippen LogP contribution is -1.85. The van der Waals surface area contributed by atoms with Gasteiger partial charge < -0.3 is 0 Å². The van der Waals surface area contributed by atoms with E-state index in [1.165, 1.54) is 12.1 Å². The molecule has 0 spiro atoms. The third-order valence-corrected chi connectivity index (χ3v) is 2.22. The first-order chi connectivity index (χ1) is 7.31. The molecule has 1 heteroatoms. The molecule has 0 aliphatic carbocycles. The smallest absolute Gasteiger partial charge is 0.124 e. The zero-order chi connectivity index (χ0) is 10.7. The van der Waals surface area contributed by atoms with Gasteiger partial charge in [-0.3, -0.25) is 0 Å². The van der Waals surface area contributed by atoms with Crippen LogP contribution in [0.15, 0.2) is 48.5 Å². The van der Waals surface area contributed by atoms with Crippen LogP contribution in [0.2, 0.25) is 0 Å². The average molecular weight is 196 g/mol. The Morgan fingerprint density at radius 3 is 2.40 bits per heavy atom. The first-order valence-corrected chi connectivity index (χ1v) is 4.63. The topological polar surface area (TPSA) is 0 Å². The third-order valence-electron chi connectivity index (χ3n) is 2.22. The first kappa shape index (κ1) is 9.48. The standard InChI is InChI=1S/C14H9F/c1-2-11-10-13(15)8-9-14(11)12-6-4-3-5-7-12/h1,3-10H. The van der Waals surface area contributed by atoms with Gasteiger partial charge in [-0.05, 0) is 23.3 Å². The maximum Gasteiger partial charge on any atom is 0.124 e. The summed E-state index contributed by atoms with van der Waals surface area (Å²) in [6.45, 7) is 0. The molecule has 0 aromatic heterocycles. The Kier molecular flexibility index (Phi) is 2.51. The summed E-state index contributed by atoms with van der Waals surface area (Å²) in [5.74, 6) is 2.19. The molecule has 72 valence electrons. The molecule has 0 heterocycles. The summed E-state index contributed by atoms with van der Waals surface area (Å²) in [4.78, 5) is 0. The molecule has 2 aromatic rings. The molecule has 0 unspecified atom stereocenters. The van der Waals surface area contributed by atoms with E-state index in [4.69, 9.17) is 6.42 Å². The van der Waals surface area contributed by atoms with Gasteiger partial charge in [-0.1, -0.05) is 42.3 Å². The highest BCUT2D eigenvalue weighted by molar-refractivity contribution is 5.70. The monoisotopic (exact) mass is 196 g/mol. The van der Waals surface area contributed by atoms with Crippen LogP contribution in [0.25, 0.3) is 11.1 Å². The number of benzene rings is 2. The maximum absolute atomic E-state index is 13.0. The number of hydrogen-bond acceptors (Lipinski definition) is 0. The van der Waals surface area contributed by atoms with Crippen molar-refractivity contribution in [2.75, 3.05) is 0 Å². The predicted octanol–water partition coefficient (Wildman–Crippen LogP) is 3.47. The Labute approximate surface area is 88.4 Å². The molecule has 0 nitrogen and oxygen atoms in total. The van der Waals surface area contributed by atoms with Crippen molar-refractivity contribution in [3.05, 3.63) is 59.9 Å². The van der Waals surface area contributed by atoms with E-state index in [2.05, 4.69) is 5.92 Å². The van der Waals surface area contributed by atoms with E-state index in [9.17, 15) is 4.39 Å². The molecule has 0 amide bonds. The van der Waals surface area contributed by atoms with Crippen LogP contribution in [-0.2, 0) is 0 Å². The van der Waals surface area contributed by atoms with Crippen LogP contribution in [-0.4, -0.2) is 0 Å². The minimum absolute atomic E-state index is 0.303. The molecule has 0 N–H and O–H groups in total. The molecule has 0 aliphatic heterocycles. The summed E-state index contributed by atoms with van der Waals surface area (Å²) < 4.78 is 13.0. The minimum Gasteiger partial charge on any atom is -0.207 e. The Hall–Kier alpha value is -2.07. The van der Waals surface area contributed by atoms with Crippen LogP contribution < -0.4 is 0 Å². The predicted molar refractivity (Wildman–Crippen MR) is 59.8 cm³/mol. The fourth-order valence-electron chi connectivity index (χ4n) is 1.51. The zero-order valence-electron chi connectivity index (χ0n) is 8.07. The molecule has 0 radical (unpaired) electrons. The summed E-state index contributed by atoms with van der Waals surface area (Å²) >= 11 is 0. The van der Waals surface area contributed by atoms with Gasteiger partial charge in [0.25, 0.3) is 0 Å². The van der Waals surface area contributed by atoms with Gasteiger partial charge in [-0.2, -0.15) is 0 Å². The molecule has 2 rings (SSSR count). The Morgan fingerprint density at radius 2 is 1.73 bits per heavy atom. The quantitative estimate of drug-likeness (QED) is 0.612. The lowest BCUT2D eigenvalue weighted by atomic mass is 10.0. The van der Waals surface area contributed by atoms with E-state index in [0.717, 1.165) is 11.1 Å². The van der Waals surface area contributed by atoms with Crippen LogP contribution >= 0.6 is 0 Å². The Morgan fingerprint density at radius 1 is 1.00 bits per heavy atom. The third kappa shape index (κ3) is 1.89. The number of terminal acetylenes is 1. The van der Waals surface area contributed by atoms with Crippen molar-refractivity contribution in [1.82, 2.24) is 0 Å². The van der Waals surface area contributed by atoms with E-state index in [1.54, 1.807) is 6.07 Å². The number of rotatable bonds is 1. The summed E-state index contributed by atoms with van der Waals surface area (Å²) in [6.07, 6.45) is 5.34. The highest BCUT2D eigenvalue weighted by Gasteiger charge is 2.03. The van der Waals surface area contributed by atoms with Crippen molar-refractivity contribution < 1.29 is 4.39 Å². The summed E-state index contributed by atoms with van der Waals surface area (Å²) in [5, 5.41) is 0. The summed E-state index contributed by atoms with van der Waals surface area (Å²) in [6, 6.07) is 14.2. The van der Waals surface area contributed by atoms with Crippen molar-refractivity contribution in [2.24, 2.45) is 0 Å². The second-order valence-corrected chi connectivity index (χ2v) is 3.20. The lowest BCUT2D eigenvalue weighted by molar-refractivity contribution is 0.627. The van der Waals surface area contributed by atoms with E-state index < -0.39 is 0 Å². The van der Waals surface area contributed by atoms with Gasteiger partial charge in [-0.25, -0.2) is 4.39 Å². The SMILES string of the molecule is C#Cc1cc(F)ccc1-c1ccccc1. The van der Waals surface area contributed by atoms with Crippen molar-refractivity contribution >= 4 is 0 Å². The molecule has 0 saturated carbocycles. The Bertz CT molecular complexity index is 507. The molecular formula is C14H9F. The van der Waals surface area contributed by atoms with Crippen LogP contribution in [0.5, 0.6) is 0 Å². The van der Waals surface area contributed by atoms with Crippen LogP contribution in [0, 0.1) is 18.2 Å². The molecule has 0 saturated heterocycles. The molecule has 2 aromatic carbocycles. The van der Waals surface area contributed by atoms with E-state index >= 15 is 0 Å². The zero-order valence-corrected chi connectivity index (χ0v) is 8.07. The fourth-order valence-corrected chi connectivity index (χ4v) is 1.51. The summed E-state index contributed by atoms with van der Waals surface area (Å²) in [5.41, 5.74) is 2.48. The second-order valence-electron chi connectivity index (χ2n) is 3.20. The highest BCUT2D eigenvalue weighted by Crippen LogP contribution is 2.23. The van der Waals surface area contributed by atoms with Crippen molar-refractivity contribution in [2.45, 2.75) is 0 Å². The van der Waals surface area contributed by atoms with Crippen molar-refractivity contribution in [3.63, 3.8) is 0 Å². The van der Waals surface area contributed by atoms with Crippen molar-refractivity contribution in [3.8, 4) is 23.5 Å². The highest BCUT2D eigenvalue weighted by atomic mass is 19.1. The molecule has 0 atom stereocenters. The normalized spacial score (nSPS) is 9.60. The van der Waals surface area contributed by atoms with Crippen LogP contribution in [0.3, 0.4) is 0 Å². The molecular weight excluding hydrogens is 187 g/mol. The average Bonchev–Trinajstić information content (AvgIpc) is 2.30. The van der Waals surface area contributed by atoms with Gasteiger partial charge in [0, 0.05) is 5.56 Å². The van der Waals surface area contributed by atoms with Crippen LogP contribution in [0.4, 0.5) is 4.39 Å².